The number of fused-ring (bicyclic) bond motifs is 5. The molecule has 0 aliphatic carbocycles. The second kappa shape index (κ2) is 4.79. The first-order valence-corrected chi connectivity index (χ1v) is 8.28. The van der Waals surface area contributed by atoms with Gasteiger partial charge in [0.05, 0.1) is 11.0 Å². The van der Waals surface area contributed by atoms with Crippen molar-refractivity contribution in [3.8, 4) is 0 Å². The molecule has 2 nitrogen and oxygen atoms in total. The summed E-state index contributed by atoms with van der Waals surface area (Å²) in [5, 5.41) is 1.88. The lowest BCUT2D eigenvalue weighted by molar-refractivity contribution is 0.564. The second-order valence-corrected chi connectivity index (χ2v) is 7.71. The minimum Gasteiger partial charge on any atom is -0.296 e. The van der Waals surface area contributed by atoms with Crippen molar-refractivity contribution < 1.29 is 4.39 Å². The van der Waals surface area contributed by atoms with Crippen LogP contribution in [0.5, 0.6) is 0 Å². The van der Waals surface area contributed by atoms with Gasteiger partial charge in [0.25, 0.3) is 0 Å². The van der Waals surface area contributed by atoms with Crippen molar-refractivity contribution in [2.75, 3.05) is 0 Å². The lowest BCUT2D eigenvalue weighted by Gasteiger charge is -2.22. The number of nitrogens with zero attached hydrogens (tertiary/aromatic N) is 2. The van der Waals surface area contributed by atoms with Crippen molar-refractivity contribution in [2.45, 2.75) is 40.0 Å². The van der Waals surface area contributed by atoms with Gasteiger partial charge >= 0.3 is 0 Å². The third-order valence-electron chi connectivity index (χ3n) is 4.83. The van der Waals surface area contributed by atoms with Gasteiger partial charge in [0.2, 0.25) is 0 Å². The summed E-state index contributed by atoms with van der Waals surface area (Å²) < 4.78 is 16.0. The molecule has 0 saturated heterocycles. The zero-order chi connectivity index (χ0) is 17.2. The molecule has 4 aromatic rings. The van der Waals surface area contributed by atoms with E-state index in [2.05, 4.69) is 57.2 Å². The van der Waals surface area contributed by atoms with E-state index in [-0.39, 0.29) is 11.2 Å². The van der Waals surface area contributed by atoms with Crippen LogP contribution >= 0.6 is 0 Å². The predicted octanol–water partition coefficient (Wildman–Crippen LogP) is 5.69. The van der Waals surface area contributed by atoms with E-state index in [1.54, 1.807) is 6.07 Å². The Bertz CT molecular complexity index is 1110. The van der Waals surface area contributed by atoms with E-state index in [9.17, 15) is 4.39 Å². The lowest BCUT2D eigenvalue weighted by atomic mass is 9.90. The van der Waals surface area contributed by atoms with Crippen LogP contribution in [0.25, 0.3) is 27.5 Å². The van der Waals surface area contributed by atoms with Crippen molar-refractivity contribution in [3.05, 3.63) is 59.0 Å². The standard InChI is InChI=1S/C21H21FN2/c1-12-8-17-18(9-13(12)2)24-19(21(3,4)5)11-14-10-15(22)6-7-16(14)20(24)23-17/h6-11H,1-5H3. The van der Waals surface area contributed by atoms with E-state index in [1.807, 2.05) is 6.07 Å². The van der Waals surface area contributed by atoms with Gasteiger partial charge in [-0.15, -0.1) is 0 Å². The molecule has 0 spiro atoms. The van der Waals surface area contributed by atoms with Crippen molar-refractivity contribution in [1.29, 1.82) is 0 Å². The minimum absolute atomic E-state index is 0.0782. The van der Waals surface area contributed by atoms with Gasteiger partial charge in [-0.2, -0.15) is 0 Å². The Morgan fingerprint density at radius 2 is 1.67 bits per heavy atom. The van der Waals surface area contributed by atoms with Crippen molar-refractivity contribution in [3.63, 3.8) is 0 Å². The molecule has 0 atom stereocenters. The molecule has 0 aliphatic heterocycles. The summed E-state index contributed by atoms with van der Waals surface area (Å²) >= 11 is 0. The van der Waals surface area contributed by atoms with E-state index in [1.165, 1.54) is 17.2 Å². The van der Waals surface area contributed by atoms with Crippen LogP contribution in [-0.4, -0.2) is 9.38 Å². The summed E-state index contributed by atoms with van der Waals surface area (Å²) in [4.78, 5) is 4.89. The number of rotatable bonds is 0. The Morgan fingerprint density at radius 3 is 2.38 bits per heavy atom. The highest BCUT2D eigenvalue weighted by molar-refractivity contribution is 5.99. The Balaban J connectivity index is 2.30. The molecule has 3 heteroatoms. The van der Waals surface area contributed by atoms with Crippen LogP contribution in [0.1, 0.15) is 37.6 Å². The lowest BCUT2D eigenvalue weighted by Crippen LogP contribution is -2.16. The molecular weight excluding hydrogens is 299 g/mol. The number of aromatic nitrogens is 2. The fraction of sp³-hybridized carbons (Fsp3) is 0.286. The molecule has 0 unspecified atom stereocenters. The van der Waals surface area contributed by atoms with Gasteiger partial charge < -0.3 is 0 Å². The number of hydrogen-bond acceptors (Lipinski definition) is 1. The van der Waals surface area contributed by atoms with E-state index in [0.29, 0.717) is 0 Å². The number of benzene rings is 2. The molecule has 2 heterocycles. The first kappa shape index (κ1) is 15.1. The zero-order valence-corrected chi connectivity index (χ0v) is 14.7. The summed E-state index contributed by atoms with van der Waals surface area (Å²) in [6, 6.07) is 11.4. The average molecular weight is 320 g/mol. The van der Waals surface area contributed by atoms with Crippen molar-refractivity contribution in [1.82, 2.24) is 9.38 Å². The van der Waals surface area contributed by atoms with Crippen LogP contribution in [0.2, 0.25) is 0 Å². The highest BCUT2D eigenvalue weighted by atomic mass is 19.1. The van der Waals surface area contributed by atoms with Crippen LogP contribution < -0.4 is 0 Å². The smallest absolute Gasteiger partial charge is 0.146 e. The Hall–Kier alpha value is -2.42. The monoisotopic (exact) mass is 320 g/mol. The van der Waals surface area contributed by atoms with Gasteiger partial charge in [-0.3, -0.25) is 4.40 Å². The molecular formula is C21H21FN2. The molecule has 0 bridgehead atoms. The van der Waals surface area contributed by atoms with Gasteiger partial charge in [-0.1, -0.05) is 20.8 Å². The number of pyridine rings is 1. The normalized spacial score (nSPS) is 12.6. The third kappa shape index (κ3) is 2.11. The van der Waals surface area contributed by atoms with Crippen LogP contribution in [0.4, 0.5) is 4.39 Å². The summed E-state index contributed by atoms with van der Waals surface area (Å²) in [5.41, 5.74) is 6.55. The SMILES string of the molecule is Cc1cc2nc3c4ccc(F)cc4cc(C(C)(C)C)n3c2cc1C. The first-order chi connectivity index (χ1) is 11.3. The maximum atomic E-state index is 13.7. The third-order valence-corrected chi connectivity index (χ3v) is 4.83. The molecule has 2 aromatic carbocycles. The van der Waals surface area contributed by atoms with Gasteiger partial charge in [0.1, 0.15) is 11.5 Å². The summed E-state index contributed by atoms with van der Waals surface area (Å²) in [6.07, 6.45) is 0. The second-order valence-electron chi connectivity index (χ2n) is 7.71. The summed E-state index contributed by atoms with van der Waals surface area (Å²) in [6.45, 7) is 10.8. The largest absolute Gasteiger partial charge is 0.296 e. The topological polar surface area (TPSA) is 17.3 Å². The van der Waals surface area contributed by atoms with Crippen LogP contribution in [0.15, 0.2) is 36.4 Å². The molecule has 0 radical (unpaired) electrons. The molecule has 0 aliphatic rings. The highest BCUT2D eigenvalue weighted by Crippen LogP contribution is 2.33. The number of hydrogen-bond donors (Lipinski definition) is 0. The quantitative estimate of drug-likeness (QED) is 0.406. The maximum absolute atomic E-state index is 13.7. The van der Waals surface area contributed by atoms with E-state index >= 15 is 0 Å². The average Bonchev–Trinajstić information content (AvgIpc) is 2.84. The summed E-state index contributed by atoms with van der Waals surface area (Å²) in [7, 11) is 0. The fourth-order valence-corrected chi connectivity index (χ4v) is 3.38. The van der Waals surface area contributed by atoms with Gasteiger partial charge in [-0.05, 0) is 66.8 Å². The van der Waals surface area contributed by atoms with Gasteiger partial charge in [0.15, 0.2) is 0 Å². The molecule has 0 N–H and O–H groups in total. The Kier molecular flexibility index (Phi) is 3.02. The molecule has 0 fully saturated rings. The maximum Gasteiger partial charge on any atom is 0.146 e. The Labute approximate surface area is 140 Å². The van der Waals surface area contributed by atoms with E-state index < -0.39 is 0 Å². The van der Waals surface area contributed by atoms with Crippen LogP contribution in [0.3, 0.4) is 0 Å². The van der Waals surface area contributed by atoms with Crippen molar-refractivity contribution in [2.24, 2.45) is 0 Å². The minimum atomic E-state index is -0.213. The number of imidazole rings is 1. The van der Waals surface area contributed by atoms with Crippen LogP contribution in [0, 0.1) is 19.7 Å². The Morgan fingerprint density at radius 1 is 0.958 bits per heavy atom. The van der Waals surface area contributed by atoms with E-state index in [0.717, 1.165) is 33.1 Å². The summed E-state index contributed by atoms with van der Waals surface area (Å²) in [5.74, 6) is -0.213. The highest BCUT2D eigenvalue weighted by Gasteiger charge is 2.22. The molecule has 0 saturated carbocycles. The zero-order valence-electron chi connectivity index (χ0n) is 14.7. The molecule has 24 heavy (non-hydrogen) atoms. The van der Waals surface area contributed by atoms with Gasteiger partial charge in [0, 0.05) is 16.5 Å². The predicted molar refractivity (Wildman–Crippen MR) is 98.3 cm³/mol. The molecule has 0 amide bonds. The van der Waals surface area contributed by atoms with Gasteiger partial charge in [-0.25, -0.2) is 9.37 Å². The number of halogens is 1. The van der Waals surface area contributed by atoms with Crippen molar-refractivity contribution >= 4 is 27.5 Å². The molecule has 4 rings (SSSR count). The van der Waals surface area contributed by atoms with E-state index in [4.69, 9.17) is 4.98 Å². The van der Waals surface area contributed by atoms with Crippen LogP contribution in [-0.2, 0) is 5.41 Å². The fourth-order valence-electron chi connectivity index (χ4n) is 3.38. The molecule has 122 valence electrons. The number of aryl methyl sites for hydroxylation is 2. The molecule has 2 aromatic heterocycles. The first-order valence-electron chi connectivity index (χ1n) is 8.28.